The SMILES string of the molecule is Cc1ccc2c(c1)c(C[C@H](CS(=O)(=O)c1ccc(C#Cc3ccc(F)cc3)s1)C(=O)O)cn2C. The van der Waals surface area contributed by atoms with Gasteiger partial charge in [-0.2, -0.15) is 0 Å². The summed E-state index contributed by atoms with van der Waals surface area (Å²) in [5.41, 5.74) is 3.43. The lowest BCUT2D eigenvalue weighted by molar-refractivity contribution is -0.140. The largest absolute Gasteiger partial charge is 0.481 e. The van der Waals surface area contributed by atoms with E-state index in [1.165, 1.54) is 18.2 Å². The van der Waals surface area contributed by atoms with Crippen molar-refractivity contribution in [2.24, 2.45) is 13.0 Å². The van der Waals surface area contributed by atoms with Gasteiger partial charge in [0, 0.05) is 29.7 Å². The molecule has 0 amide bonds. The number of sulfone groups is 1. The number of hydrogen-bond donors (Lipinski definition) is 1. The van der Waals surface area contributed by atoms with Crippen LogP contribution in [0, 0.1) is 30.5 Å². The molecule has 0 fully saturated rings. The third-order valence-electron chi connectivity index (χ3n) is 5.53. The fraction of sp³-hybridized carbons (Fsp3) is 0.192. The van der Waals surface area contributed by atoms with E-state index < -0.39 is 27.5 Å². The smallest absolute Gasteiger partial charge is 0.307 e. The van der Waals surface area contributed by atoms with Gasteiger partial charge >= 0.3 is 5.97 Å². The minimum Gasteiger partial charge on any atom is -0.481 e. The molecule has 1 atom stereocenters. The molecule has 2 heterocycles. The van der Waals surface area contributed by atoms with E-state index in [4.69, 9.17) is 0 Å². The van der Waals surface area contributed by atoms with Gasteiger partial charge in [0.2, 0.25) is 0 Å². The van der Waals surface area contributed by atoms with Gasteiger partial charge in [0.1, 0.15) is 10.0 Å². The maximum absolute atomic E-state index is 13.0. The van der Waals surface area contributed by atoms with E-state index in [2.05, 4.69) is 11.8 Å². The van der Waals surface area contributed by atoms with Crippen molar-refractivity contribution in [1.29, 1.82) is 0 Å². The number of nitrogens with zero attached hydrogens (tertiary/aromatic N) is 1. The van der Waals surface area contributed by atoms with Gasteiger partial charge in [0.25, 0.3) is 0 Å². The summed E-state index contributed by atoms with van der Waals surface area (Å²) < 4.78 is 41.1. The number of fused-ring (bicyclic) bond motifs is 1. The lowest BCUT2D eigenvalue weighted by atomic mass is 10.00. The van der Waals surface area contributed by atoms with Gasteiger partial charge in [0.15, 0.2) is 9.84 Å². The maximum atomic E-state index is 13.0. The molecular formula is C26H22FNO4S2. The predicted octanol–water partition coefficient (Wildman–Crippen LogP) is 4.80. The van der Waals surface area contributed by atoms with Gasteiger partial charge in [-0.25, -0.2) is 12.8 Å². The Balaban J connectivity index is 1.55. The van der Waals surface area contributed by atoms with Crippen LogP contribution in [0.25, 0.3) is 10.9 Å². The molecule has 34 heavy (non-hydrogen) atoms. The van der Waals surface area contributed by atoms with E-state index in [-0.39, 0.29) is 16.4 Å². The highest BCUT2D eigenvalue weighted by atomic mass is 32.2. The molecule has 2 aromatic heterocycles. The quantitative estimate of drug-likeness (QED) is 0.390. The van der Waals surface area contributed by atoms with Gasteiger partial charge in [-0.15, -0.1) is 11.3 Å². The minimum atomic E-state index is -3.83. The average molecular weight is 496 g/mol. The minimum absolute atomic E-state index is 0.0796. The number of hydrogen-bond acceptors (Lipinski definition) is 4. The molecule has 0 spiro atoms. The predicted molar refractivity (Wildman–Crippen MR) is 131 cm³/mol. The van der Waals surface area contributed by atoms with Crippen LogP contribution >= 0.6 is 11.3 Å². The third-order valence-corrected chi connectivity index (χ3v) is 8.92. The van der Waals surface area contributed by atoms with Gasteiger partial charge in [-0.3, -0.25) is 4.79 Å². The molecule has 5 nitrogen and oxygen atoms in total. The highest BCUT2D eigenvalue weighted by Gasteiger charge is 2.29. The summed E-state index contributed by atoms with van der Waals surface area (Å²) in [4.78, 5) is 12.5. The van der Waals surface area contributed by atoms with Crippen LogP contribution in [-0.2, 0) is 28.1 Å². The van der Waals surface area contributed by atoms with Gasteiger partial charge in [0.05, 0.1) is 16.5 Å². The zero-order valence-corrected chi connectivity index (χ0v) is 20.2. The molecule has 174 valence electrons. The fourth-order valence-corrected chi connectivity index (χ4v) is 6.60. The third kappa shape index (κ3) is 5.22. The molecule has 0 aliphatic carbocycles. The van der Waals surface area contributed by atoms with E-state index in [0.717, 1.165) is 33.4 Å². The first-order chi connectivity index (χ1) is 16.1. The van der Waals surface area contributed by atoms with Crippen LogP contribution in [0.15, 0.2) is 65.0 Å². The maximum Gasteiger partial charge on any atom is 0.307 e. The number of thiophene rings is 1. The molecule has 2 aromatic carbocycles. The summed E-state index contributed by atoms with van der Waals surface area (Å²) in [5, 5.41) is 10.7. The number of halogens is 1. The molecule has 0 unspecified atom stereocenters. The van der Waals surface area contributed by atoms with Crippen molar-refractivity contribution < 1.29 is 22.7 Å². The van der Waals surface area contributed by atoms with Crippen molar-refractivity contribution in [2.75, 3.05) is 5.75 Å². The average Bonchev–Trinajstić information content (AvgIpc) is 3.38. The summed E-state index contributed by atoms with van der Waals surface area (Å²) in [5.74, 6) is 2.64. The highest BCUT2D eigenvalue weighted by molar-refractivity contribution is 7.93. The molecule has 0 radical (unpaired) electrons. The van der Waals surface area contributed by atoms with Gasteiger partial charge in [-0.1, -0.05) is 23.5 Å². The monoisotopic (exact) mass is 495 g/mol. The Bertz CT molecular complexity index is 1540. The molecular weight excluding hydrogens is 473 g/mol. The first-order valence-corrected chi connectivity index (χ1v) is 13.0. The molecule has 1 N–H and O–H groups in total. The van der Waals surface area contributed by atoms with E-state index in [1.54, 1.807) is 18.2 Å². The van der Waals surface area contributed by atoms with Crippen LogP contribution in [-0.4, -0.2) is 29.8 Å². The van der Waals surface area contributed by atoms with E-state index in [9.17, 15) is 22.7 Å². The number of rotatable bonds is 6. The Morgan fingerprint density at radius 2 is 1.85 bits per heavy atom. The topological polar surface area (TPSA) is 76.4 Å². The summed E-state index contributed by atoms with van der Waals surface area (Å²) in [6.45, 7) is 1.96. The van der Waals surface area contributed by atoms with E-state index in [1.807, 2.05) is 42.9 Å². The Labute approximate surface area is 201 Å². The number of carboxylic acid groups (broad SMARTS) is 1. The van der Waals surface area contributed by atoms with Crippen molar-refractivity contribution >= 4 is 38.0 Å². The number of carbonyl (C=O) groups is 1. The summed E-state index contributed by atoms with van der Waals surface area (Å²) >= 11 is 0.998. The van der Waals surface area contributed by atoms with Crippen LogP contribution in [0.5, 0.6) is 0 Å². The summed E-state index contributed by atoms with van der Waals surface area (Å²) in [7, 11) is -1.95. The van der Waals surface area contributed by atoms with E-state index >= 15 is 0 Å². The number of aromatic nitrogens is 1. The van der Waals surface area contributed by atoms with Crippen molar-refractivity contribution in [3.63, 3.8) is 0 Å². The van der Waals surface area contributed by atoms with Crippen molar-refractivity contribution in [2.45, 2.75) is 17.6 Å². The zero-order chi connectivity index (χ0) is 24.5. The molecule has 0 aliphatic rings. The van der Waals surface area contributed by atoms with Crippen molar-refractivity contribution in [1.82, 2.24) is 4.57 Å². The second-order valence-electron chi connectivity index (χ2n) is 8.18. The zero-order valence-electron chi connectivity index (χ0n) is 18.6. The Kier molecular flexibility index (Phi) is 6.60. The number of carboxylic acids is 1. The second kappa shape index (κ2) is 9.45. The van der Waals surface area contributed by atoms with Crippen LogP contribution in [0.4, 0.5) is 4.39 Å². The molecule has 8 heteroatoms. The number of aryl methyl sites for hydroxylation is 2. The van der Waals surface area contributed by atoms with Crippen LogP contribution in [0.3, 0.4) is 0 Å². The second-order valence-corrected chi connectivity index (χ2v) is 11.5. The van der Waals surface area contributed by atoms with Gasteiger partial charge < -0.3 is 9.67 Å². The first kappa shape index (κ1) is 23.7. The first-order valence-electron chi connectivity index (χ1n) is 10.5. The highest BCUT2D eigenvalue weighted by Crippen LogP contribution is 2.28. The summed E-state index contributed by atoms with van der Waals surface area (Å²) in [6, 6.07) is 14.7. The lowest BCUT2D eigenvalue weighted by Crippen LogP contribution is -2.25. The normalized spacial score (nSPS) is 12.3. The van der Waals surface area contributed by atoms with E-state index in [0.29, 0.717) is 10.4 Å². The van der Waals surface area contributed by atoms with Crippen LogP contribution < -0.4 is 0 Å². The molecule has 4 rings (SSSR count). The summed E-state index contributed by atoms with van der Waals surface area (Å²) in [6.07, 6.45) is 1.97. The number of aliphatic carboxylic acids is 1. The van der Waals surface area contributed by atoms with Crippen LogP contribution in [0.1, 0.15) is 21.6 Å². The lowest BCUT2D eigenvalue weighted by Gasteiger charge is -2.12. The fourth-order valence-electron chi connectivity index (χ4n) is 3.80. The van der Waals surface area contributed by atoms with Crippen molar-refractivity contribution in [3.8, 4) is 11.8 Å². The molecule has 0 saturated carbocycles. The molecule has 0 aliphatic heterocycles. The van der Waals surface area contributed by atoms with Crippen molar-refractivity contribution in [3.05, 3.63) is 88.2 Å². The molecule has 0 saturated heterocycles. The Morgan fingerprint density at radius 3 is 2.56 bits per heavy atom. The Morgan fingerprint density at radius 1 is 1.12 bits per heavy atom. The number of benzene rings is 2. The van der Waals surface area contributed by atoms with Gasteiger partial charge in [-0.05, 0) is 67.4 Å². The molecule has 0 bridgehead atoms. The standard InChI is InChI=1S/C26H22FNO4S2/c1-17-3-11-24-23(13-17)19(15-28(24)2)14-20(26(29)30)16-34(31,32)25-12-10-22(33-25)9-6-18-4-7-21(27)8-5-18/h3-5,7-8,10-13,15,20H,14,16H2,1-2H3,(H,29,30)/t20-/m1/s1. The Hall–Kier alpha value is -3.41. The van der Waals surface area contributed by atoms with Crippen LogP contribution in [0.2, 0.25) is 0 Å². The molecule has 4 aromatic rings.